The second kappa shape index (κ2) is 6.66. The third kappa shape index (κ3) is 4.52. The number of benzene rings is 2. The zero-order chi connectivity index (χ0) is 15.3. The van der Waals surface area contributed by atoms with E-state index in [2.05, 4.69) is 63.3 Å². The molecule has 21 heavy (non-hydrogen) atoms. The van der Waals surface area contributed by atoms with E-state index >= 15 is 0 Å². The van der Waals surface area contributed by atoms with Crippen LogP contribution in [0, 0.1) is 6.92 Å². The predicted molar refractivity (Wildman–Crippen MR) is 90.3 cm³/mol. The molecular weight excluding hydrogens is 258 g/mol. The summed E-state index contributed by atoms with van der Waals surface area (Å²) in [4.78, 5) is 0. The van der Waals surface area contributed by atoms with Gasteiger partial charge in [0, 0.05) is 12.2 Å². The first-order valence-electron chi connectivity index (χ1n) is 7.50. The standard InChI is InChI=1S/C19H25NO/c1-15-10-11-18(17(14-15)19(2,3)4)21-13-12-20-16-8-6-5-7-9-16/h5-11,14,20H,12-13H2,1-4H3. The minimum absolute atomic E-state index is 0.0915. The van der Waals surface area contributed by atoms with Gasteiger partial charge in [0.05, 0.1) is 0 Å². The summed E-state index contributed by atoms with van der Waals surface area (Å²) < 4.78 is 5.98. The largest absolute Gasteiger partial charge is 0.491 e. The van der Waals surface area contributed by atoms with Gasteiger partial charge in [-0.25, -0.2) is 0 Å². The quantitative estimate of drug-likeness (QED) is 0.797. The minimum Gasteiger partial charge on any atom is -0.491 e. The number of hydrogen-bond donors (Lipinski definition) is 1. The first-order chi connectivity index (χ1) is 9.97. The first kappa shape index (κ1) is 15.4. The van der Waals surface area contributed by atoms with Gasteiger partial charge in [-0.15, -0.1) is 0 Å². The molecule has 0 atom stereocenters. The molecule has 2 rings (SSSR count). The van der Waals surface area contributed by atoms with E-state index in [0.29, 0.717) is 6.61 Å². The van der Waals surface area contributed by atoms with Gasteiger partial charge in [0.2, 0.25) is 0 Å². The number of aryl methyl sites for hydroxylation is 1. The van der Waals surface area contributed by atoms with Crippen molar-refractivity contribution in [2.75, 3.05) is 18.5 Å². The fourth-order valence-electron chi connectivity index (χ4n) is 2.27. The van der Waals surface area contributed by atoms with Crippen LogP contribution in [0.1, 0.15) is 31.9 Å². The lowest BCUT2D eigenvalue weighted by atomic mass is 9.85. The summed E-state index contributed by atoms with van der Waals surface area (Å²) in [7, 11) is 0. The van der Waals surface area contributed by atoms with E-state index in [1.54, 1.807) is 0 Å². The molecule has 2 nitrogen and oxygen atoms in total. The number of ether oxygens (including phenoxy) is 1. The second-order valence-electron chi connectivity index (χ2n) is 6.39. The van der Waals surface area contributed by atoms with Crippen LogP contribution in [0.2, 0.25) is 0 Å². The smallest absolute Gasteiger partial charge is 0.123 e. The van der Waals surface area contributed by atoms with E-state index in [9.17, 15) is 0 Å². The summed E-state index contributed by atoms with van der Waals surface area (Å²) in [6.45, 7) is 10.2. The van der Waals surface area contributed by atoms with Gasteiger partial charge in [0.15, 0.2) is 0 Å². The van der Waals surface area contributed by atoms with Crippen molar-refractivity contribution in [2.45, 2.75) is 33.1 Å². The SMILES string of the molecule is Cc1ccc(OCCNc2ccccc2)c(C(C)(C)C)c1. The fourth-order valence-corrected chi connectivity index (χ4v) is 2.27. The molecule has 0 spiro atoms. The van der Waals surface area contributed by atoms with E-state index in [1.165, 1.54) is 11.1 Å². The Hall–Kier alpha value is -1.96. The van der Waals surface area contributed by atoms with E-state index in [-0.39, 0.29) is 5.41 Å². The van der Waals surface area contributed by atoms with Crippen molar-refractivity contribution in [3.63, 3.8) is 0 Å². The molecular formula is C19H25NO. The number of rotatable bonds is 5. The lowest BCUT2D eigenvalue weighted by Gasteiger charge is -2.23. The van der Waals surface area contributed by atoms with Crippen LogP contribution in [-0.4, -0.2) is 13.2 Å². The van der Waals surface area contributed by atoms with Gasteiger partial charge in [-0.2, -0.15) is 0 Å². The molecule has 2 aromatic carbocycles. The van der Waals surface area contributed by atoms with Crippen LogP contribution >= 0.6 is 0 Å². The Kier molecular flexibility index (Phi) is 4.89. The van der Waals surface area contributed by atoms with Crippen molar-refractivity contribution in [1.82, 2.24) is 0 Å². The average molecular weight is 283 g/mol. The van der Waals surface area contributed by atoms with Crippen molar-refractivity contribution in [2.24, 2.45) is 0 Å². The van der Waals surface area contributed by atoms with Crippen molar-refractivity contribution in [3.05, 3.63) is 59.7 Å². The van der Waals surface area contributed by atoms with E-state index in [1.807, 2.05) is 18.2 Å². The number of nitrogens with one attached hydrogen (secondary N) is 1. The zero-order valence-electron chi connectivity index (χ0n) is 13.4. The molecule has 0 aliphatic heterocycles. The summed E-state index contributed by atoms with van der Waals surface area (Å²) in [5, 5.41) is 3.36. The molecule has 1 N–H and O–H groups in total. The van der Waals surface area contributed by atoms with Gasteiger partial charge in [-0.3, -0.25) is 0 Å². The van der Waals surface area contributed by atoms with Gasteiger partial charge >= 0.3 is 0 Å². The third-order valence-electron chi connectivity index (χ3n) is 3.41. The molecule has 2 heteroatoms. The topological polar surface area (TPSA) is 21.3 Å². The summed E-state index contributed by atoms with van der Waals surface area (Å²) in [5.41, 5.74) is 3.76. The van der Waals surface area contributed by atoms with Gasteiger partial charge < -0.3 is 10.1 Å². The van der Waals surface area contributed by atoms with Crippen molar-refractivity contribution < 1.29 is 4.74 Å². The highest BCUT2D eigenvalue weighted by molar-refractivity contribution is 5.43. The van der Waals surface area contributed by atoms with Crippen molar-refractivity contribution >= 4 is 5.69 Å². The summed E-state index contributed by atoms with van der Waals surface area (Å²) in [6.07, 6.45) is 0. The second-order valence-corrected chi connectivity index (χ2v) is 6.39. The summed E-state index contributed by atoms with van der Waals surface area (Å²) >= 11 is 0. The molecule has 0 fully saturated rings. The zero-order valence-corrected chi connectivity index (χ0v) is 13.4. The van der Waals surface area contributed by atoms with Crippen LogP contribution in [0.4, 0.5) is 5.69 Å². The molecule has 0 bridgehead atoms. The van der Waals surface area contributed by atoms with Crippen LogP contribution in [0.25, 0.3) is 0 Å². The minimum atomic E-state index is 0.0915. The number of para-hydroxylation sites is 1. The highest BCUT2D eigenvalue weighted by atomic mass is 16.5. The monoisotopic (exact) mass is 283 g/mol. The van der Waals surface area contributed by atoms with Crippen LogP contribution in [0.15, 0.2) is 48.5 Å². The molecule has 0 unspecified atom stereocenters. The van der Waals surface area contributed by atoms with Crippen LogP contribution < -0.4 is 10.1 Å². The Morgan fingerprint density at radius 2 is 1.71 bits per heavy atom. The Morgan fingerprint density at radius 3 is 2.38 bits per heavy atom. The van der Waals surface area contributed by atoms with Crippen LogP contribution in [0.3, 0.4) is 0 Å². The molecule has 0 saturated heterocycles. The lowest BCUT2D eigenvalue weighted by molar-refractivity contribution is 0.323. The van der Waals surface area contributed by atoms with Gasteiger partial charge in [-0.1, -0.05) is 56.7 Å². The highest BCUT2D eigenvalue weighted by Gasteiger charge is 2.18. The van der Waals surface area contributed by atoms with Crippen LogP contribution in [0.5, 0.6) is 5.75 Å². The van der Waals surface area contributed by atoms with Gasteiger partial charge in [0.25, 0.3) is 0 Å². The molecule has 0 radical (unpaired) electrons. The van der Waals surface area contributed by atoms with E-state index in [0.717, 1.165) is 18.0 Å². The molecule has 0 heterocycles. The Balaban J connectivity index is 1.94. The Bertz CT molecular complexity index is 570. The maximum Gasteiger partial charge on any atom is 0.123 e. The van der Waals surface area contributed by atoms with Crippen LogP contribution in [-0.2, 0) is 5.41 Å². The van der Waals surface area contributed by atoms with E-state index < -0.39 is 0 Å². The normalized spacial score (nSPS) is 11.2. The fraction of sp³-hybridized carbons (Fsp3) is 0.368. The third-order valence-corrected chi connectivity index (χ3v) is 3.41. The average Bonchev–Trinajstić information content (AvgIpc) is 2.45. The van der Waals surface area contributed by atoms with Gasteiger partial charge in [0.1, 0.15) is 12.4 Å². The summed E-state index contributed by atoms with van der Waals surface area (Å²) in [5.74, 6) is 0.989. The molecule has 2 aromatic rings. The Labute approximate surface area is 128 Å². The molecule has 112 valence electrons. The highest BCUT2D eigenvalue weighted by Crippen LogP contribution is 2.32. The van der Waals surface area contributed by atoms with Crippen molar-refractivity contribution in [1.29, 1.82) is 0 Å². The predicted octanol–water partition coefficient (Wildman–Crippen LogP) is 4.78. The molecule has 0 aromatic heterocycles. The number of hydrogen-bond acceptors (Lipinski definition) is 2. The molecule has 0 aliphatic rings. The van der Waals surface area contributed by atoms with E-state index in [4.69, 9.17) is 4.74 Å². The lowest BCUT2D eigenvalue weighted by Crippen LogP contribution is -2.16. The van der Waals surface area contributed by atoms with Crippen molar-refractivity contribution in [3.8, 4) is 5.75 Å². The van der Waals surface area contributed by atoms with Gasteiger partial charge in [-0.05, 0) is 36.1 Å². The number of anilines is 1. The Morgan fingerprint density at radius 1 is 1.00 bits per heavy atom. The molecule has 0 saturated carbocycles. The molecule has 0 aliphatic carbocycles. The summed E-state index contributed by atoms with van der Waals surface area (Å²) in [6, 6.07) is 16.6. The molecule has 0 amide bonds. The maximum absolute atomic E-state index is 5.98. The maximum atomic E-state index is 5.98. The first-order valence-corrected chi connectivity index (χ1v) is 7.50.